The number of carbonyl (C=O) groups is 1. The van der Waals surface area contributed by atoms with E-state index in [0.29, 0.717) is 24.3 Å². The fourth-order valence-corrected chi connectivity index (χ4v) is 3.51. The Morgan fingerprint density at radius 2 is 2.04 bits per heavy atom. The van der Waals surface area contributed by atoms with E-state index in [1.54, 1.807) is 25.4 Å². The van der Waals surface area contributed by atoms with Crippen LogP contribution < -0.4 is 4.74 Å². The molecule has 4 heterocycles. The lowest BCUT2D eigenvalue weighted by molar-refractivity contribution is 0.0734. The highest BCUT2D eigenvalue weighted by Gasteiger charge is 2.26. The number of aromatic nitrogens is 6. The number of tetrazole rings is 1. The highest BCUT2D eigenvalue weighted by Crippen LogP contribution is 2.30. The Kier molecular flexibility index (Phi) is 3.78. The number of rotatable bonds is 3. The predicted molar refractivity (Wildman–Crippen MR) is 99.8 cm³/mol. The SMILES string of the molecule is COc1ccc(-c2n[nH]c3c2CN(C(=O)c2ccc4nnnn4c2)CC3)cc1. The van der Waals surface area contributed by atoms with Gasteiger partial charge in [0.1, 0.15) is 5.75 Å². The first-order valence-corrected chi connectivity index (χ1v) is 8.90. The molecule has 9 heteroatoms. The van der Waals surface area contributed by atoms with Gasteiger partial charge in [0.15, 0.2) is 5.65 Å². The highest BCUT2D eigenvalue weighted by molar-refractivity contribution is 5.94. The summed E-state index contributed by atoms with van der Waals surface area (Å²) in [7, 11) is 1.64. The van der Waals surface area contributed by atoms with Crippen molar-refractivity contribution in [1.82, 2.24) is 35.1 Å². The number of fused-ring (bicyclic) bond motifs is 2. The zero-order valence-electron chi connectivity index (χ0n) is 15.2. The molecule has 28 heavy (non-hydrogen) atoms. The van der Waals surface area contributed by atoms with Crippen LogP contribution in [-0.2, 0) is 13.0 Å². The number of pyridine rings is 1. The standard InChI is InChI=1S/C19H17N7O2/c1-28-14-5-2-12(3-6-14)18-15-11-25(9-8-16(15)20-22-18)19(27)13-4-7-17-21-23-24-26(17)10-13/h2-7,10H,8-9,11H2,1H3,(H,20,22). The summed E-state index contributed by atoms with van der Waals surface area (Å²) in [5.74, 6) is 0.743. The Hall–Kier alpha value is -3.75. The lowest BCUT2D eigenvalue weighted by atomic mass is 10.0. The van der Waals surface area contributed by atoms with Crippen LogP contribution in [0.15, 0.2) is 42.6 Å². The van der Waals surface area contributed by atoms with Gasteiger partial charge in [-0.25, -0.2) is 0 Å². The van der Waals surface area contributed by atoms with Gasteiger partial charge in [-0.2, -0.15) is 9.61 Å². The van der Waals surface area contributed by atoms with Gasteiger partial charge in [0.05, 0.1) is 18.4 Å². The second-order valence-corrected chi connectivity index (χ2v) is 6.63. The first-order valence-electron chi connectivity index (χ1n) is 8.90. The van der Waals surface area contributed by atoms with Crippen molar-refractivity contribution in [2.75, 3.05) is 13.7 Å². The third kappa shape index (κ3) is 2.68. The van der Waals surface area contributed by atoms with Crippen LogP contribution in [0.2, 0.25) is 0 Å². The number of amides is 1. The minimum absolute atomic E-state index is 0.0510. The number of nitrogens with zero attached hydrogens (tertiary/aromatic N) is 6. The molecule has 0 radical (unpaired) electrons. The van der Waals surface area contributed by atoms with Gasteiger partial charge in [0.2, 0.25) is 0 Å². The quantitative estimate of drug-likeness (QED) is 0.585. The average molecular weight is 375 g/mol. The van der Waals surface area contributed by atoms with Crippen LogP contribution >= 0.6 is 0 Å². The smallest absolute Gasteiger partial charge is 0.255 e. The molecule has 1 aliphatic heterocycles. The Bertz CT molecular complexity index is 1160. The van der Waals surface area contributed by atoms with E-state index in [0.717, 1.165) is 34.7 Å². The van der Waals surface area contributed by atoms with Crippen molar-refractivity contribution in [2.45, 2.75) is 13.0 Å². The molecule has 0 saturated carbocycles. The van der Waals surface area contributed by atoms with E-state index in [1.165, 1.54) is 4.52 Å². The van der Waals surface area contributed by atoms with Crippen molar-refractivity contribution in [2.24, 2.45) is 0 Å². The number of H-pyrrole nitrogens is 1. The summed E-state index contributed by atoms with van der Waals surface area (Å²) in [5, 5.41) is 19.0. The molecule has 1 N–H and O–H groups in total. The van der Waals surface area contributed by atoms with Crippen LogP contribution in [0.4, 0.5) is 0 Å². The molecule has 1 aliphatic rings. The molecule has 140 valence electrons. The van der Waals surface area contributed by atoms with Gasteiger partial charge in [-0.05, 0) is 46.8 Å². The zero-order valence-corrected chi connectivity index (χ0v) is 15.2. The number of aromatic amines is 1. The molecule has 0 atom stereocenters. The number of methoxy groups -OCH3 is 1. The van der Waals surface area contributed by atoms with Crippen LogP contribution in [0, 0.1) is 0 Å². The lowest BCUT2D eigenvalue weighted by Crippen LogP contribution is -2.36. The molecule has 0 fully saturated rings. The molecule has 0 bridgehead atoms. The fraction of sp³-hybridized carbons (Fsp3) is 0.211. The van der Waals surface area contributed by atoms with Gasteiger partial charge in [-0.1, -0.05) is 0 Å². The van der Waals surface area contributed by atoms with E-state index in [-0.39, 0.29) is 5.91 Å². The molecule has 0 spiro atoms. The molecule has 1 amide bonds. The van der Waals surface area contributed by atoms with Crippen molar-refractivity contribution in [3.05, 3.63) is 59.4 Å². The van der Waals surface area contributed by atoms with Crippen molar-refractivity contribution in [1.29, 1.82) is 0 Å². The summed E-state index contributed by atoms with van der Waals surface area (Å²) in [5.41, 5.74) is 5.14. The zero-order chi connectivity index (χ0) is 19.1. The number of hydrogen-bond donors (Lipinski definition) is 1. The molecule has 3 aromatic heterocycles. The maximum absolute atomic E-state index is 13.0. The second-order valence-electron chi connectivity index (χ2n) is 6.63. The predicted octanol–water partition coefficient (Wildman–Crippen LogP) is 1.72. The molecule has 4 aromatic rings. The van der Waals surface area contributed by atoms with Gasteiger partial charge in [-0.3, -0.25) is 9.89 Å². The molecule has 0 unspecified atom stereocenters. The molecule has 9 nitrogen and oxygen atoms in total. The van der Waals surface area contributed by atoms with Gasteiger partial charge in [-0.15, -0.1) is 5.10 Å². The van der Waals surface area contributed by atoms with Gasteiger partial charge in [0.25, 0.3) is 5.91 Å². The Morgan fingerprint density at radius 3 is 2.86 bits per heavy atom. The average Bonchev–Trinajstić information content (AvgIpc) is 3.39. The highest BCUT2D eigenvalue weighted by atomic mass is 16.5. The normalized spacial score (nSPS) is 13.5. The van der Waals surface area contributed by atoms with Crippen molar-refractivity contribution >= 4 is 11.6 Å². The third-order valence-electron chi connectivity index (χ3n) is 5.02. The minimum atomic E-state index is -0.0510. The molecule has 1 aromatic carbocycles. The lowest BCUT2D eigenvalue weighted by Gasteiger charge is -2.27. The first kappa shape index (κ1) is 16.4. The van der Waals surface area contributed by atoms with Gasteiger partial charge < -0.3 is 9.64 Å². The Balaban J connectivity index is 1.43. The largest absolute Gasteiger partial charge is 0.497 e. The second kappa shape index (κ2) is 6.45. The van der Waals surface area contributed by atoms with Crippen molar-refractivity contribution < 1.29 is 9.53 Å². The van der Waals surface area contributed by atoms with E-state index in [4.69, 9.17) is 4.74 Å². The summed E-state index contributed by atoms with van der Waals surface area (Å²) in [4.78, 5) is 14.9. The van der Waals surface area contributed by atoms with Gasteiger partial charge in [0, 0.05) is 42.5 Å². The van der Waals surface area contributed by atoms with E-state index in [2.05, 4.69) is 25.7 Å². The monoisotopic (exact) mass is 375 g/mol. The van der Waals surface area contributed by atoms with Gasteiger partial charge >= 0.3 is 0 Å². The van der Waals surface area contributed by atoms with E-state index in [1.807, 2.05) is 29.2 Å². The number of benzene rings is 1. The van der Waals surface area contributed by atoms with Crippen LogP contribution in [0.3, 0.4) is 0 Å². The minimum Gasteiger partial charge on any atom is -0.497 e. The molecular formula is C19H17N7O2. The third-order valence-corrected chi connectivity index (χ3v) is 5.02. The van der Waals surface area contributed by atoms with E-state index in [9.17, 15) is 4.79 Å². The number of carbonyl (C=O) groups excluding carboxylic acids is 1. The summed E-state index contributed by atoms with van der Waals surface area (Å²) < 4.78 is 6.73. The summed E-state index contributed by atoms with van der Waals surface area (Å²) in [6.07, 6.45) is 2.39. The maximum atomic E-state index is 13.0. The van der Waals surface area contributed by atoms with Crippen molar-refractivity contribution in [3.63, 3.8) is 0 Å². The number of nitrogens with one attached hydrogen (secondary N) is 1. The van der Waals surface area contributed by atoms with Crippen LogP contribution in [-0.4, -0.2) is 54.7 Å². The fourth-order valence-electron chi connectivity index (χ4n) is 3.51. The van der Waals surface area contributed by atoms with E-state index < -0.39 is 0 Å². The molecular weight excluding hydrogens is 358 g/mol. The van der Waals surface area contributed by atoms with Crippen molar-refractivity contribution in [3.8, 4) is 17.0 Å². The summed E-state index contributed by atoms with van der Waals surface area (Å²) in [6, 6.07) is 11.3. The first-order chi connectivity index (χ1) is 13.7. The maximum Gasteiger partial charge on any atom is 0.255 e. The Morgan fingerprint density at radius 1 is 1.18 bits per heavy atom. The van der Waals surface area contributed by atoms with E-state index >= 15 is 0 Å². The summed E-state index contributed by atoms with van der Waals surface area (Å²) >= 11 is 0. The Labute approximate surface area is 159 Å². The van der Waals surface area contributed by atoms with Crippen LogP contribution in [0.1, 0.15) is 21.6 Å². The molecule has 0 saturated heterocycles. The molecule has 0 aliphatic carbocycles. The van der Waals surface area contributed by atoms with Crippen LogP contribution in [0.25, 0.3) is 16.9 Å². The number of ether oxygens (including phenoxy) is 1. The molecule has 5 rings (SSSR count). The van der Waals surface area contributed by atoms with Crippen LogP contribution in [0.5, 0.6) is 5.75 Å². The number of hydrogen-bond acceptors (Lipinski definition) is 6. The summed E-state index contributed by atoms with van der Waals surface area (Å²) in [6.45, 7) is 1.13. The topological polar surface area (TPSA) is 101 Å².